The molecule has 4 aromatic rings. The molecule has 0 radical (unpaired) electrons. The molecule has 0 aromatic heterocycles. The van der Waals surface area contributed by atoms with Crippen molar-refractivity contribution in [1.29, 1.82) is 0 Å². The van der Waals surface area contributed by atoms with E-state index in [1.165, 1.54) is 5.56 Å². The predicted octanol–water partition coefficient (Wildman–Crippen LogP) is 6.13. The Morgan fingerprint density at radius 2 is 1.14 bits per heavy atom. The summed E-state index contributed by atoms with van der Waals surface area (Å²) >= 11 is 0. The van der Waals surface area contributed by atoms with Gasteiger partial charge in [-0.15, -0.1) is 0 Å². The first-order valence-corrected chi connectivity index (χ1v) is 15.0. The van der Waals surface area contributed by atoms with Gasteiger partial charge in [0, 0.05) is 6.54 Å². The standard InChI is InChI=1S/C37H41N3O4/c1-36(2,3)44-35(43)39-32(34(42)38-26-16-19-28-17-8-4-9-18-28)27-33(41)40-37(29-20-10-5-11-21-29,30-22-12-6-13-23-30)31-24-14-7-15-25-31/h4-15,17-18,20-25,32H,16,19,26-27H2,1-3H3,(H,38,42)(H,39,43)(H,40,41). The molecule has 0 aliphatic carbocycles. The largest absolute Gasteiger partial charge is 0.444 e. The minimum atomic E-state index is -1.15. The fourth-order valence-electron chi connectivity index (χ4n) is 5.16. The van der Waals surface area contributed by atoms with Crippen LogP contribution in [0.4, 0.5) is 4.79 Å². The predicted molar refractivity (Wildman–Crippen MR) is 173 cm³/mol. The number of amides is 3. The second-order valence-electron chi connectivity index (χ2n) is 11.7. The molecule has 228 valence electrons. The van der Waals surface area contributed by atoms with E-state index in [0.29, 0.717) is 13.0 Å². The maximum atomic E-state index is 14.0. The SMILES string of the molecule is CC(C)(C)OC(=O)NC(CC(=O)NC(c1ccccc1)(c1ccccc1)c1ccccc1)C(=O)NCCCc1ccccc1. The van der Waals surface area contributed by atoms with Gasteiger partial charge in [0.05, 0.1) is 6.42 Å². The van der Waals surface area contributed by atoms with Crippen molar-refractivity contribution in [1.82, 2.24) is 16.0 Å². The van der Waals surface area contributed by atoms with Gasteiger partial charge in [0.25, 0.3) is 0 Å². The van der Waals surface area contributed by atoms with Crippen molar-refractivity contribution in [2.75, 3.05) is 6.54 Å². The van der Waals surface area contributed by atoms with Gasteiger partial charge >= 0.3 is 6.09 Å². The molecule has 1 unspecified atom stereocenters. The Morgan fingerprint density at radius 1 is 0.682 bits per heavy atom. The summed E-state index contributed by atoms with van der Waals surface area (Å²) in [6, 6.07) is 38.0. The number of rotatable bonds is 12. The molecule has 7 nitrogen and oxygen atoms in total. The third-order valence-corrected chi connectivity index (χ3v) is 7.13. The lowest BCUT2D eigenvalue weighted by Crippen LogP contribution is -2.53. The molecule has 0 spiro atoms. The Kier molecular flexibility index (Phi) is 10.9. The Labute approximate surface area is 260 Å². The van der Waals surface area contributed by atoms with Gasteiger partial charge < -0.3 is 20.7 Å². The zero-order valence-electron chi connectivity index (χ0n) is 25.6. The molecule has 0 fully saturated rings. The molecule has 3 amide bonds. The Bertz CT molecular complexity index is 1390. The lowest BCUT2D eigenvalue weighted by Gasteiger charge is -2.37. The van der Waals surface area contributed by atoms with E-state index in [1.54, 1.807) is 20.8 Å². The molecule has 0 aliphatic rings. The van der Waals surface area contributed by atoms with Gasteiger partial charge in [0.1, 0.15) is 17.2 Å². The van der Waals surface area contributed by atoms with Crippen molar-refractivity contribution in [2.45, 2.75) is 57.2 Å². The summed E-state index contributed by atoms with van der Waals surface area (Å²) in [6.45, 7) is 5.62. The molecule has 1 atom stereocenters. The average molecular weight is 592 g/mol. The molecule has 0 saturated carbocycles. The van der Waals surface area contributed by atoms with Gasteiger partial charge in [-0.3, -0.25) is 9.59 Å². The van der Waals surface area contributed by atoms with Crippen LogP contribution in [-0.4, -0.2) is 36.1 Å². The van der Waals surface area contributed by atoms with Gasteiger partial charge in [-0.05, 0) is 55.9 Å². The van der Waals surface area contributed by atoms with Crippen molar-refractivity contribution in [3.63, 3.8) is 0 Å². The Hall–Kier alpha value is -4.91. The number of hydrogen-bond acceptors (Lipinski definition) is 4. The fourth-order valence-corrected chi connectivity index (χ4v) is 5.16. The number of carbonyl (C=O) groups is 3. The fraction of sp³-hybridized carbons (Fsp3) is 0.270. The molecule has 4 rings (SSSR count). The van der Waals surface area contributed by atoms with Crippen molar-refractivity contribution in [3.05, 3.63) is 144 Å². The van der Waals surface area contributed by atoms with E-state index >= 15 is 0 Å². The van der Waals surface area contributed by atoms with Crippen LogP contribution in [0.5, 0.6) is 0 Å². The smallest absolute Gasteiger partial charge is 0.408 e. The molecule has 0 heterocycles. The summed E-state index contributed by atoms with van der Waals surface area (Å²) in [5, 5.41) is 8.79. The van der Waals surface area contributed by atoms with E-state index in [-0.39, 0.29) is 6.42 Å². The van der Waals surface area contributed by atoms with Gasteiger partial charge in [0.2, 0.25) is 11.8 Å². The Morgan fingerprint density at radius 3 is 1.59 bits per heavy atom. The third kappa shape index (κ3) is 8.80. The highest BCUT2D eigenvalue weighted by Gasteiger charge is 2.39. The molecule has 3 N–H and O–H groups in total. The summed E-state index contributed by atoms with van der Waals surface area (Å²) in [5.74, 6) is -0.870. The minimum absolute atomic E-state index is 0.294. The molecular formula is C37H41N3O4. The summed E-state index contributed by atoms with van der Waals surface area (Å²) in [5.41, 5.74) is 1.91. The quantitative estimate of drug-likeness (QED) is 0.137. The van der Waals surface area contributed by atoms with Crippen LogP contribution in [0, 0.1) is 0 Å². The van der Waals surface area contributed by atoms with E-state index in [4.69, 9.17) is 4.74 Å². The maximum Gasteiger partial charge on any atom is 0.408 e. The highest BCUT2D eigenvalue weighted by molar-refractivity contribution is 5.91. The maximum absolute atomic E-state index is 14.0. The molecule has 0 saturated heterocycles. The number of nitrogens with one attached hydrogen (secondary N) is 3. The zero-order valence-corrected chi connectivity index (χ0v) is 25.6. The van der Waals surface area contributed by atoms with E-state index in [2.05, 4.69) is 16.0 Å². The van der Waals surface area contributed by atoms with Crippen LogP contribution >= 0.6 is 0 Å². The number of carbonyl (C=O) groups excluding carboxylic acids is 3. The van der Waals surface area contributed by atoms with E-state index in [0.717, 1.165) is 23.1 Å². The van der Waals surface area contributed by atoms with E-state index in [1.807, 2.05) is 121 Å². The van der Waals surface area contributed by atoms with Crippen LogP contribution in [0.25, 0.3) is 0 Å². The molecule has 7 heteroatoms. The highest BCUT2D eigenvalue weighted by atomic mass is 16.6. The molecule has 0 bridgehead atoms. The van der Waals surface area contributed by atoms with Crippen molar-refractivity contribution in [3.8, 4) is 0 Å². The van der Waals surface area contributed by atoms with Crippen LogP contribution < -0.4 is 16.0 Å². The van der Waals surface area contributed by atoms with Gasteiger partial charge in [-0.2, -0.15) is 0 Å². The number of hydrogen-bond donors (Lipinski definition) is 3. The summed E-state index contributed by atoms with van der Waals surface area (Å²) < 4.78 is 5.43. The van der Waals surface area contributed by atoms with Crippen molar-refractivity contribution < 1.29 is 19.1 Å². The van der Waals surface area contributed by atoms with E-state index in [9.17, 15) is 14.4 Å². The van der Waals surface area contributed by atoms with Gasteiger partial charge in [0.15, 0.2) is 0 Å². The van der Waals surface area contributed by atoms with Gasteiger partial charge in [-0.1, -0.05) is 121 Å². The number of ether oxygens (including phenoxy) is 1. The third-order valence-electron chi connectivity index (χ3n) is 7.13. The van der Waals surface area contributed by atoms with Crippen LogP contribution in [0.15, 0.2) is 121 Å². The molecule has 4 aromatic carbocycles. The lowest BCUT2D eigenvalue weighted by molar-refractivity contribution is -0.129. The second kappa shape index (κ2) is 15.0. The van der Waals surface area contributed by atoms with Crippen LogP contribution in [0.3, 0.4) is 0 Å². The monoisotopic (exact) mass is 591 g/mol. The first-order chi connectivity index (χ1) is 21.2. The second-order valence-corrected chi connectivity index (χ2v) is 11.7. The van der Waals surface area contributed by atoms with Crippen LogP contribution in [-0.2, 0) is 26.3 Å². The normalized spacial score (nSPS) is 12.1. The van der Waals surface area contributed by atoms with Crippen LogP contribution in [0.1, 0.15) is 55.9 Å². The topological polar surface area (TPSA) is 96.5 Å². The number of alkyl carbamates (subject to hydrolysis) is 1. The lowest BCUT2D eigenvalue weighted by atomic mass is 9.77. The molecular weight excluding hydrogens is 550 g/mol. The van der Waals surface area contributed by atoms with Gasteiger partial charge in [-0.25, -0.2) is 4.79 Å². The highest BCUT2D eigenvalue weighted by Crippen LogP contribution is 2.36. The summed E-state index contributed by atoms with van der Waals surface area (Å²) in [7, 11) is 0. The number of benzene rings is 4. The zero-order chi connectivity index (χ0) is 31.4. The summed E-state index contributed by atoms with van der Waals surface area (Å²) in [4.78, 5) is 40.2. The van der Waals surface area contributed by atoms with Crippen molar-refractivity contribution >= 4 is 17.9 Å². The number of aryl methyl sites for hydroxylation is 1. The average Bonchev–Trinajstić information content (AvgIpc) is 3.02. The molecule has 0 aliphatic heterocycles. The summed E-state index contributed by atoms with van der Waals surface area (Å²) in [6.07, 6.45) is 0.438. The minimum Gasteiger partial charge on any atom is -0.444 e. The van der Waals surface area contributed by atoms with Crippen LogP contribution in [0.2, 0.25) is 0 Å². The molecule has 44 heavy (non-hydrogen) atoms. The van der Waals surface area contributed by atoms with E-state index < -0.39 is 35.1 Å². The first-order valence-electron chi connectivity index (χ1n) is 15.0. The Balaban J connectivity index is 1.59. The van der Waals surface area contributed by atoms with Crippen molar-refractivity contribution in [2.24, 2.45) is 0 Å². The first kappa shape index (κ1) is 32.0.